The molecule has 0 amide bonds. The molecule has 1 fully saturated rings. The summed E-state index contributed by atoms with van der Waals surface area (Å²) in [6, 6.07) is 2.19. The predicted octanol–water partition coefficient (Wildman–Crippen LogP) is 1.48. The molecule has 0 saturated carbocycles. The van der Waals surface area contributed by atoms with E-state index in [4.69, 9.17) is 10.4 Å². The number of aliphatic carboxylic acids is 1. The Kier molecular flexibility index (Phi) is 4.57. The summed E-state index contributed by atoms with van der Waals surface area (Å²) < 4.78 is 0. The van der Waals surface area contributed by atoms with E-state index >= 15 is 0 Å². The molecule has 0 spiro atoms. The van der Waals surface area contributed by atoms with Gasteiger partial charge < -0.3 is 5.11 Å². The molecular weight excluding hydrogens is 192 g/mol. The van der Waals surface area contributed by atoms with Crippen LogP contribution in [-0.4, -0.2) is 35.1 Å². The fraction of sp³-hybridized carbons (Fsp3) is 0.818. The second-order valence-corrected chi connectivity index (χ2v) is 4.24. The first-order valence-electron chi connectivity index (χ1n) is 5.49. The highest BCUT2D eigenvalue weighted by atomic mass is 16.4. The van der Waals surface area contributed by atoms with Crippen LogP contribution >= 0.6 is 0 Å². The standard InChI is InChI=1S/C11H18N2O2/c1-9(7-12)13-6-2-3-10(8-13)4-5-11(14)15/h9-10H,2-6,8H2,1H3,(H,14,15). The highest BCUT2D eigenvalue weighted by Gasteiger charge is 2.23. The highest BCUT2D eigenvalue weighted by molar-refractivity contribution is 5.66. The SMILES string of the molecule is CC(C#N)N1CCCC(CCC(=O)O)C1. The fourth-order valence-electron chi connectivity index (χ4n) is 2.09. The van der Waals surface area contributed by atoms with Crippen molar-refractivity contribution in [1.82, 2.24) is 4.90 Å². The quantitative estimate of drug-likeness (QED) is 0.763. The summed E-state index contributed by atoms with van der Waals surface area (Å²) >= 11 is 0. The third kappa shape index (κ3) is 3.88. The van der Waals surface area contributed by atoms with Gasteiger partial charge in [0.25, 0.3) is 0 Å². The number of carboxylic acids is 1. The van der Waals surface area contributed by atoms with E-state index in [1.54, 1.807) is 0 Å². The van der Waals surface area contributed by atoms with Crippen LogP contribution in [0.5, 0.6) is 0 Å². The molecule has 1 rings (SSSR count). The predicted molar refractivity (Wildman–Crippen MR) is 56.2 cm³/mol. The van der Waals surface area contributed by atoms with Crippen molar-refractivity contribution in [2.24, 2.45) is 5.92 Å². The summed E-state index contributed by atoms with van der Waals surface area (Å²) in [6.07, 6.45) is 3.17. The Labute approximate surface area is 90.5 Å². The van der Waals surface area contributed by atoms with Crippen molar-refractivity contribution >= 4 is 5.97 Å². The molecule has 2 atom stereocenters. The first-order chi connectivity index (χ1) is 7.13. The van der Waals surface area contributed by atoms with E-state index in [1.807, 2.05) is 6.92 Å². The number of carboxylic acid groups (broad SMARTS) is 1. The van der Waals surface area contributed by atoms with E-state index < -0.39 is 5.97 Å². The summed E-state index contributed by atoms with van der Waals surface area (Å²) in [4.78, 5) is 12.6. The number of nitriles is 1. The molecule has 0 radical (unpaired) electrons. The largest absolute Gasteiger partial charge is 0.481 e. The number of hydrogen-bond acceptors (Lipinski definition) is 3. The molecule has 84 valence electrons. The van der Waals surface area contributed by atoms with E-state index in [1.165, 1.54) is 0 Å². The van der Waals surface area contributed by atoms with Crippen molar-refractivity contribution in [3.05, 3.63) is 0 Å². The molecule has 1 N–H and O–H groups in total. The average molecular weight is 210 g/mol. The second-order valence-electron chi connectivity index (χ2n) is 4.24. The maximum Gasteiger partial charge on any atom is 0.303 e. The Hall–Kier alpha value is -1.08. The Morgan fingerprint density at radius 3 is 3.07 bits per heavy atom. The van der Waals surface area contributed by atoms with Crippen LogP contribution in [0.15, 0.2) is 0 Å². The molecule has 0 aromatic carbocycles. The summed E-state index contributed by atoms with van der Waals surface area (Å²) in [7, 11) is 0. The lowest BCUT2D eigenvalue weighted by atomic mass is 9.93. The lowest BCUT2D eigenvalue weighted by Gasteiger charge is -2.34. The van der Waals surface area contributed by atoms with Crippen LogP contribution in [-0.2, 0) is 4.79 Å². The van der Waals surface area contributed by atoms with Gasteiger partial charge in [0.2, 0.25) is 0 Å². The molecule has 4 nitrogen and oxygen atoms in total. The number of likely N-dealkylation sites (tertiary alicyclic amines) is 1. The third-order valence-electron chi connectivity index (χ3n) is 3.05. The average Bonchev–Trinajstić information content (AvgIpc) is 2.25. The van der Waals surface area contributed by atoms with Gasteiger partial charge in [-0.2, -0.15) is 5.26 Å². The van der Waals surface area contributed by atoms with Crippen molar-refractivity contribution in [3.63, 3.8) is 0 Å². The molecule has 0 aromatic heterocycles. The van der Waals surface area contributed by atoms with Crippen LogP contribution in [0.4, 0.5) is 0 Å². The van der Waals surface area contributed by atoms with Crippen LogP contribution in [0.1, 0.15) is 32.6 Å². The molecule has 15 heavy (non-hydrogen) atoms. The van der Waals surface area contributed by atoms with Gasteiger partial charge in [0, 0.05) is 13.0 Å². The molecule has 0 aromatic rings. The molecule has 2 unspecified atom stereocenters. The van der Waals surface area contributed by atoms with E-state index in [0.29, 0.717) is 5.92 Å². The maximum atomic E-state index is 10.4. The normalized spacial score (nSPS) is 24.4. The van der Waals surface area contributed by atoms with Crippen LogP contribution in [0, 0.1) is 17.2 Å². The molecule has 0 aliphatic carbocycles. The van der Waals surface area contributed by atoms with Gasteiger partial charge in [-0.15, -0.1) is 0 Å². The number of piperidine rings is 1. The fourth-order valence-corrected chi connectivity index (χ4v) is 2.09. The highest BCUT2D eigenvalue weighted by Crippen LogP contribution is 2.22. The van der Waals surface area contributed by atoms with Crippen molar-refractivity contribution < 1.29 is 9.90 Å². The van der Waals surface area contributed by atoms with E-state index in [-0.39, 0.29) is 12.5 Å². The summed E-state index contributed by atoms with van der Waals surface area (Å²) in [5.41, 5.74) is 0. The van der Waals surface area contributed by atoms with Crippen molar-refractivity contribution in [2.45, 2.75) is 38.6 Å². The van der Waals surface area contributed by atoms with Gasteiger partial charge in [0.05, 0.1) is 12.1 Å². The first-order valence-corrected chi connectivity index (χ1v) is 5.49. The number of hydrogen-bond donors (Lipinski definition) is 1. The van der Waals surface area contributed by atoms with Gasteiger partial charge in [-0.1, -0.05) is 0 Å². The van der Waals surface area contributed by atoms with Crippen LogP contribution in [0.25, 0.3) is 0 Å². The van der Waals surface area contributed by atoms with Crippen molar-refractivity contribution in [1.29, 1.82) is 5.26 Å². The van der Waals surface area contributed by atoms with E-state index in [9.17, 15) is 4.79 Å². The summed E-state index contributed by atoms with van der Waals surface area (Å²) in [5, 5.41) is 17.4. The Bertz CT molecular complexity index is 260. The lowest BCUT2D eigenvalue weighted by molar-refractivity contribution is -0.137. The van der Waals surface area contributed by atoms with Gasteiger partial charge in [0.15, 0.2) is 0 Å². The monoisotopic (exact) mass is 210 g/mol. The minimum atomic E-state index is -0.722. The lowest BCUT2D eigenvalue weighted by Crippen LogP contribution is -2.40. The van der Waals surface area contributed by atoms with Crippen molar-refractivity contribution in [3.8, 4) is 6.07 Å². The minimum Gasteiger partial charge on any atom is -0.481 e. The topological polar surface area (TPSA) is 64.3 Å². The zero-order chi connectivity index (χ0) is 11.3. The van der Waals surface area contributed by atoms with Crippen LogP contribution in [0.2, 0.25) is 0 Å². The smallest absolute Gasteiger partial charge is 0.303 e. The molecule has 1 saturated heterocycles. The Balaban J connectivity index is 2.36. The zero-order valence-corrected chi connectivity index (χ0v) is 9.15. The van der Waals surface area contributed by atoms with Gasteiger partial charge >= 0.3 is 5.97 Å². The Morgan fingerprint density at radius 1 is 1.73 bits per heavy atom. The summed E-state index contributed by atoms with van der Waals surface area (Å²) in [5.74, 6) is -0.272. The first kappa shape index (κ1) is 12.0. The van der Waals surface area contributed by atoms with Gasteiger partial charge in [-0.3, -0.25) is 9.69 Å². The molecule has 1 aliphatic rings. The van der Waals surface area contributed by atoms with Gasteiger partial charge in [0.1, 0.15) is 0 Å². The number of carbonyl (C=O) groups is 1. The number of nitrogens with zero attached hydrogens (tertiary/aromatic N) is 2. The van der Waals surface area contributed by atoms with Gasteiger partial charge in [-0.25, -0.2) is 0 Å². The van der Waals surface area contributed by atoms with E-state index in [0.717, 1.165) is 32.4 Å². The number of rotatable bonds is 4. The molecule has 0 bridgehead atoms. The van der Waals surface area contributed by atoms with E-state index in [2.05, 4.69) is 11.0 Å². The molecule has 4 heteroatoms. The molecular formula is C11H18N2O2. The summed E-state index contributed by atoms with van der Waals surface area (Å²) in [6.45, 7) is 3.75. The van der Waals surface area contributed by atoms with Gasteiger partial charge in [-0.05, 0) is 38.6 Å². The third-order valence-corrected chi connectivity index (χ3v) is 3.05. The van der Waals surface area contributed by atoms with Crippen molar-refractivity contribution in [2.75, 3.05) is 13.1 Å². The maximum absolute atomic E-state index is 10.4. The minimum absolute atomic E-state index is 0.0439. The van der Waals surface area contributed by atoms with Crippen LogP contribution in [0.3, 0.4) is 0 Å². The zero-order valence-electron chi connectivity index (χ0n) is 9.15. The molecule has 1 heterocycles. The molecule has 1 aliphatic heterocycles. The Morgan fingerprint density at radius 2 is 2.47 bits per heavy atom. The van der Waals surface area contributed by atoms with Crippen LogP contribution < -0.4 is 0 Å². The second kappa shape index (κ2) is 5.72.